The third-order valence-electron chi connectivity index (χ3n) is 1.16. The summed E-state index contributed by atoms with van der Waals surface area (Å²) in [6.07, 6.45) is 0.284. The van der Waals surface area contributed by atoms with Crippen molar-refractivity contribution < 1.29 is 19.4 Å². The van der Waals surface area contributed by atoms with Gasteiger partial charge in [-0.25, -0.2) is 4.79 Å². The van der Waals surface area contributed by atoms with Crippen LogP contribution in [0.1, 0.15) is 6.42 Å². The Hall–Kier alpha value is -0.810. The fraction of sp³-hybridized carbons (Fsp3) is 0.857. The molecule has 1 amide bonds. The first-order chi connectivity index (χ1) is 5.81. The summed E-state index contributed by atoms with van der Waals surface area (Å²) in [6.45, 7) is 1.44. The first-order valence-electron chi connectivity index (χ1n) is 3.81. The summed E-state index contributed by atoms with van der Waals surface area (Å²) in [6, 6.07) is 0. The van der Waals surface area contributed by atoms with Crippen molar-refractivity contribution in [2.24, 2.45) is 0 Å². The van der Waals surface area contributed by atoms with Gasteiger partial charge in [0.2, 0.25) is 0 Å². The lowest BCUT2D eigenvalue weighted by molar-refractivity contribution is 0.0903. The Balaban J connectivity index is 2.95. The first-order valence-corrected chi connectivity index (χ1v) is 3.81. The van der Waals surface area contributed by atoms with E-state index >= 15 is 0 Å². The summed E-state index contributed by atoms with van der Waals surface area (Å²) in [5, 5.41) is 10.8. The fourth-order valence-electron chi connectivity index (χ4n) is 0.603. The summed E-state index contributed by atoms with van der Waals surface area (Å²) in [7, 11) is 1.32. The molecule has 0 unspecified atom stereocenters. The second-order valence-corrected chi connectivity index (χ2v) is 2.11. The smallest absolute Gasteiger partial charge is 0.406 e. The van der Waals surface area contributed by atoms with Gasteiger partial charge in [-0.3, -0.25) is 0 Å². The number of nitrogens with one attached hydrogen (secondary N) is 1. The molecule has 0 aromatic carbocycles. The summed E-state index contributed by atoms with van der Waals surface area (Å²) < 4.78 is 9.30. The van der Waals surface area contributed by atoms with E-state index in [4.69, 9.17) is 9.84 Å². The van der Waals surface area contributed by atoms with Crippen LogP contribution in [0.4, 0.5) is 4.79 Å². The van der Waals surface area contributed by atoms with Gasteiger partial charge in [0, 0.05) is 13.2 Å². The molecule has 0 aliphatic heterocycles. The molecule has 5 heteroatoms. The van der Waals surface area contributed by atoms with Crippen LogP contribution in [0.3, 0.4) is 0 Å². The van der Waals surface area contributed by atoms with Gasteiger partial charge < -0.3 is 19.9 Å². The molecule has 0 saturated heterocycles. The Morgan fingerprint density at radius 2 is 2.25 bits per heavy atom. The van der Waals surface area contributed by atoms with Crippen LogP contribution in [0.5, 0.6) is 0 Å². The van der Waals surface area contributed by atoms with E-state index in [0.29, 0.717) is 19.8 Å². The molecule has 5 nitrogen and oxygen atoms in total. The van der Waals surface area contributed by atoms with Crippen molar-refractivity contribution in [2.45, 2.75) is 6.42 Å². The molecule has 0 aromatic heterocycles. The van der Waals surface area contributed by atoms with E-state index in [1.807, 2.05) is 0 Å². The predicted octanol–water partition coefficient (Wildman–Crippen LogP) is -0.259. The van der Waals surface area contributed by atoms with Gasteiger partial charge in [0.1, 0.15) is 0 Å². The van der Waals surface area contributed by atoms with E-state index in [-0.39, 0.29) is 6.61 Å². The van der Waals surface area contributed by atoms with Gasteiger partial charge in [-0.2, -0.15) is 0 Å². The second-order valence-electron chi connectivity index (χ2n) is 2.11. The van der Waals surface area contributed by atoms with Gasteiger partial charge >= 0.3 is 6.09 Å². The third-order valence-corrected chi connectivity index (χ3v) is 1.16. The molecule has 12 heavy (non-hydrogen) atoms. The van der Waals surface area contributed by atoms with Crippen LogP contribution in [0.25, 0.3) is 0 Å². The maximum absolute atomic E-state index is 10.5. The van der Waals surface area contributed by atoms with Crippen LogP contribution < -0.4 is 5.32 Å². The van der Waals surface area contributed by atoms with Crippen molar-refractivity contribution in [1.29, 1.82) is 0 Å². The number of ether oxygens (including phenoxy) is 2. The van der Waals surface area contributed by atoms with Gasteiger partial charge in [0.15, 0.2) is 0 Å². The lowest BCUT2D eigenvalue weighted by Crippen LogP contribution is -2.24. The van der Waals surface area contributed by atoms with Gasteiger partial charge in [-0.05, 0) is 6.42 Å². The Bertz CT molecular complexity index is 118. The maximum Gasteiger partial charge on any atom is 0.406 e. The highest BCUT2D eigenvalue weighted by Crippen LogP contribution is 1.81. The molecular weight excluding hydrogens is 162 g/mol. The van der Waals surface area contributed by atoms with Crippen LogP contribution in [0, 0.1) is 0 Å². The molecule has 0 bridgehead atoms. The van der Waals surface area contributed by atoms with Crippen LogP contribution in [0.15, 0.2) is 0 Å². The number of alkyl carbamates (subject to hydrolysis) is 1. The molecule has 0 aliphatic carbocycles. The van der Waals surface area contributed by atoms with Gasteiger partial charge in [0.25, 0.3) is 0 Å². The monoisotopic (exact) mass is 177 g/mol. The van der Waals surface area contributed by atoms with E-state index in [9.17, 15) is 4.79 Å². The number of carbonyl (C=O) groups excluding carboxylic acids is 1. The number of rotatable bonds is 6. The lowest BCUT2D eigenvalue weighted by Gasteiger charge is -2.03. The molecule has 0 saturated carbocycles. The summed E-state index contributed by atoms with van der Waals surface area (Å²) >= 11 is 0. The summed E-state index contributed by atoms with van der Waals surface area (Å²) in [4.78, 5) is 10.5. The molecule has 0 aromatic rings. The largest absolute Gasteiger partial charge is 0.453 e. The third kappa shape index (κ3) is 7.30. The number of amides is 1. The molecule has 0 heterocycles. The number of aliphatic hydroxyl groups is 1. The number of methoxy groups -OCH3 is 1. The van der Waals surface area contributed by atoms with Crippen molar-refractivity contribution in [1.82, 2.24) is 5.32 Å². The fourth-order valence-corrected chi connectivity index (χ4v) is 0.603. The summed E-state index contributed by atoms with van der Waals surface area (Å²) in [5.41, 5.74) is 0. The van der Waals surface area contributed by atoms with Gasteiger partial charge in [0.05, 0.1) is 20.3 Å². The highest BCUT2D eigenvalue weighted by molar-refractivity contribution is 5.66. The van der Waals surface area contributed by atoms with Crippen LogP contribution in [-0.4, -0.2) is 44.7 Å². The van der Waals surface area contributed by atoms with Gasteiger partial charge in [-0.1, -0.05) is 0 Å². The van der Waals surface area contributed by atoms with Crippen molar-refractivity contribution >= 4 is 6.09 Å². The zero-order chi connectivity index (χ0) is 9.23. The standard InChI is InChI=1S/C7H15NO4/c1-11-7(10)8-3-2-5-12-6-4-9/h9H,2-6H2,1H3,(H,8,10). The van der Waals surface area contributed by atoms with Crippen LogP contribution in [-0.2, 0) is 9.47 Å². The highest BCUT2D eigenvalue weighted by atomic mass is 16.5. The zero-order valence-electron chi connectivity index (χ0n) is 7.21. The summed E-state index contributed by atoms with van der Waals surface area (Å²) in [5.74, 6) is 0. The van der Waals surface area contributed by atoms with Crippen LogP contribution >= 0.6 is 0 Å². The topological polar surface area (TPSA) is 67.8 Å². The quantitative estimate of drug-likeness (QED) is 0.548. The van der Waals surface area contributed by atoms with Crippen LogP contribution in [0.2, 0.25) is 0 Å². The Morgan fingerprint density at radius 3 is 2.83 bits per heavy atom. The molecule has 0 fully saturated rings. The van der Waals surface area contributed by atoms with Crippen molar-refractivity contribution in [3.63, 3.8) is 0 Å². The minimum absolute atomic E-state index is 0.0322. The molecular formula is C7H15NO4. The maximum atomic E-state index is 10.5. The normalized spacial score (nSPS) is 9.50. The predicted molar refractivity (Wildman–Crippen MR) is 42.9 cm³/mol. The molecule has 0 atom stereocenters. The van der Waals surface area contributed by atoms with Crippen molar-refractivity contribution in [2.75, 3.05) is 33.5 Å². The van der Waals surface area contributed by atoms with E-state index in [2.05, 4.69) is 10.1 Å². The van der Waals surface area contributed by atoms with E-state index in [0.717, 1.165) is 6.42 Å². The number of hydrogen-bond donors (Lipinski definition) is 2. The van der Waals surface area contributed by atoms with Crippen molar-refractivity contribution in [3.8, 4) is 0 Å². The van der Waals surface area contributed by atoms with Crippen molar-refractivity contribution in [3.05, 3.63) is 0 Å². The SMILES string of the molecule is COC(=O)NCCCOCCO. The van der Waals surface area contributed by atoms with Gasteiger partial charge in [-0.15, -0.1) is 0 Å². The molecule has 0 aliphatic rings. The number of carbonyl (C=O) groups is 1. The average Bonchev–Trinajstić information content (AvgIpc) is 2.10. The minimum atomic E-state index is -0.433. The number of hydrogen-bond acceptors (Lipinski definition) is 4. The Morgan fingerprint density at radius 1 is 1.50 bits per heavy atom. The molecule has 0 radical (unpaired) electrons. The zero-order valence-corrected chi connectivity index (χ0v) is 7.21. The van der Waals surface area contributed by atoms with E-state index in [1.54, 1.807) is 0 Å². The first kappa shape index (κ1) is 11.2. The highest BCUT2D eigenvalue weighted by Gasteiger charge is 1.95. The van der Waals surface area contributed by atoms with E-state index < -0.39 is 6.09 Å². The molecule has 2 N–H and O–H groups in total. The minimum Gasteiger partial charge on any atom is -0.453 e. The second kappa shape index (κ2) is 8.29. The Kier molecular flexibility index (Phi) is 7.73. The average molecular weight is 177 g/mol. The molecule has 72 valence electrons. The Labute approximate surface area is 71.7 Å². The molecule has 0 spiro atoms. The van der Waals surface area contributed by atoms with E-state index in [1.165, 1.54) is 7.11 Å². The lowest BCUT2D eigenvalue weighted by atomic mass is 10.4. The number of aliphatic hydroxyl groups excluding tert-OH is 1. The molecule has 0 rings (SSSR count).